The average molecular weight is 304 g/mol. The Morgan fingerprint density at radius 1 is 0.952 bits per heavy atom. The number of anilines is 2. The molecule has 0 heterocycles. The minimum absolute atomic E-state index is 0.294. The minimum atomic E-state index is -3.41. The van der Waals surface area contributed by atoms with Crippen molar-refractivity contribution in [2.45, 2.75) is 6.92 Å². The third-order valence-corrected chi connectivity index (χ3v) is 3.38. The molecule has 0 radical (unpaired) electrons. The van der Waals surface area contributed by atoms with Crippen molar-refractivity contribution in [1.82, 2.24) is 0 Å². The summed E-state index contributed by atoms with van der Waals surface area (Å²) in [7, 11) is -3.41. The molecule has 110 valence electrons. The van der Waals surface area contributed by atoms with Crippen molar-refractivity contribution in [1.29, 1.82) is 0 Å². The largest absolute Gasteiger partial charge is 0.320 e. The number of benzene rings is 2. The molecule has 0 saturated carbocycles. The lowest BCUT2D eigenvalue weighted by Crippen LogP contribution is -2.16. The maximum Gasteiger partial charge on any atom is 0.255 e. The lowest BCUT2D eigenvalue weighted by Gasteiger charge is -2.12. The first kappa shape index (κ1) is 15.1. The molecule has 0 aromatic heterocycles. The number of hydrogen-bond acceptors (Lipinski definition) is 3. The van der Waals surface area contributed by atoms with E-state index in [2.05, 4.69) is 10.0 Å². The van der Waals surface area contributed by atoms with E-state index < -0.39 is 10.0 Å². The van der Waals surface area contributed by atoms with Gasteiger partial charge in [0, 0.05) is 5.56 Å². The molecule has 0 aliphatic heterocycles. The Morgan fingerprint density at radius 3 is 2.10 bits per heavy atom. The van der Waals surface area contributed by atoms with Crippen molar-refractivity contribution in [3.8, 4) is 0 Å². The predicted octanol–water partition coefficient (Wildman–Crippen LogP) is 2.62. The van der Waals surface area contributed by atoms with Crippen LogP contribution in [0.4, 0.5) is 11.4 Å². The number of rotatable bonds is 4. The maximum atomic E-state index is 12.2. The van der Waals surface area contributed by atoms with Crippen molar-refractivity contribution in [2.75, 3.05) is 16.3 Å². The number of carbonyl (C=O) groups excluding carboxylic acids is 1. The number of sulfonamides is 1. The number of hydrogen-bond donors (Lipinski definition) is 2. The van der Waals surface area contributed by atoms with Gasteiger partial charge in [0.25, 0.3) is 5.91 Å². The van der Waals surface area contributed by atoms with Crippen LogP contribution in [-0.4, -0.2) is 20.6 Å². The Hall–Kier alpha value is -2.34. The molecule has 0 saturated heterocycles. The second-order valence-electron chi connectivity index (χ2n) is 4.74. The fourth-order valence-corrected chi connectivity index (χ4v) is 2.36. The number of aryl methyl sites for hydroxylation is 1. The van der Waals surface area contributed by atoms with E-state index in [0.717, 1.165) is 11.8 Å². The highest BCUT2D eigenvalue weighted by Gasteiger charge is 2.11. The summed E-state index contributed by atoms with van der Waals surface area (Å²) in [5, 5.41) is 2.70. The number of nitrogens with one attached hydrogen (secondary N) is 2. The topological polar surface area (TPSA) is 75.3 Å². The molecule has 21 heavy (non-hydrogen) atoms. The molecule has 0 aliphatic rings. The summed E-state index contributed by atoms with van der Waals surface area (Å²) in [4.78, 5) is 12.2. The summed E-state index contributed by atoms with van der Waals surface area (Å²) in [6.45, 7) is 1.94. The highest BCUT2D eigenvalue weighted by atomic mass is 32.2. The lowest BCUT2D eigenvalue weighted by atomic mass is 10.1. The zero-order valence-electron chi connectivity index (χ0n) is 11.8. The quantitative estimate of drug-likeness (QED) is 0.911. The molecular formula is C15H16N2O3S. The lowest BCUT2D eigenvalue weighted by molar-refractivity contribution is 0.102. The SMILES string of the molecule is Cc1ccc(C(=O)Nc2ccccc2NS(C)(=O)=O)cc1. The standard InChI is InChI=1S/C15H16N2O3S/c1-11-7-9-12(10-8-11)15(18)16-13-5-3-4-6-14(13)17-21(2,19)20/h3-10,17H,1-2H3,(H,16,18). The predicted molar refractivity (Wildman–Crippen MR) is 84.0 cm³/mol. The van der Waals surface area contributed by atoms with E-state index in [1.54, 1.807) is 36.4 Å². The van der Waals surface area contributed by atoms with E-state index in [-0.39, 0.29) is 5.91 Å². The van der Waals surface area contributed by atoms with E-state index in [1.165, 1.54) is 0 Å². The molecule has 0 fully saturated rings. The smallest absolute Gasteiger partial charge is 0.255 e. The van der Waals surface area contributed by atoms with Crippen LogP contribution in [0.15, 0.2) is 48.5 Å². The zero-order chi connectivity index (χ0) is 15.5. The fourth-order valence-electron chi connectivity index (χ4n) is 1.78. The summed E-state index contributed by atoms with van der Waals surface area (Å²) >= 11 is 0. The van der Waals surface area contributed by atoms with Crippen molar-refractivity contribution < 1.29 is 13.2 Å². The third kappa shape index (κ3) is 4.32. The van der Waals surface area contributed by atoms with E-state index in [0.29, 0.717) is 16.9 Å². The molecule has 0 aliphatic carbocycles. The van der Waals surface area contributed by atoms with Crippen LogP contribution >= 0.6 is 0 Å². The molecular weight excluding hydrogens is 288 g/mol. The molecule has 2 aromatic carbocycles. The van der Waals surface area contributed by atoms with Crippen LogP contribution in [0.1, 0.15) is 15.9 Å². The van der Waals surface area contributed by atoms with Gasteiger partial charge < -0.3 is 5.32 Å². The number of para-hydroxylation sites is 2. The molecule has 2 rings (SSSR count). The summed E-state index contributed by atoms with van der Waals surface area (Å²) in [6.07, 6.45) is 1.06. The van der Waals surface area contributed by atoms with Crippen LogP contribution in [0.2, 0.25) is 0 Å². The first-order valence-corrected chi connectivity index (χ1v) is 8.19. The summed E-state index contributed by atoms with van der Waals surface area (Å²) < 4.78 is 25.0. The molecule has 0 atom stereocenters. The van der Waals surface area contributed by atoms with Crippen LogP contribution < -0.4 is 10.0 Å². The summed E-state index contributed by atoms with van der Waals surface area (Å²) in [5.74, 6) is -0.294. The van der Waals surface area contributed by atoms with Crippen molar-refractivity contribution in [2.24, 2.45) is 0 Å². The molecule has 0 spiro atoms. The van der Waals surface area contributed by atoms with Gasteiger partial charge in [-0.15, -0.1) is 0 Å². The Labute approximate surface area is 124 Å². The normalized spacial score (nSPS) is 11.0. The number of carbonyl (C=O) groups is 1. The maximum absolute atomic E-state index is 12.2. The van der Waals surface area contributed by atoms with Crippen LogP contribution in [-0.2, 0) is 10.0 Å². The Bertz CT molecular complexity index is 753. The van der Waals surface area contributed by atoms with E-state index >= 15 is 0 Å². The second kappa shape index (κ2) is 5.97. The molecule has 0 bridgehead atoms. The summed E-state index contributed by atoms with van der Waals surface area (Å²) in [6, 6.07) is 13.8. The van der Waals surface area contributed by atoms with E-state index in [9.17, 15) is 13.2 Å². The zero-order valence-corrected chi connectivity index (χ0v) is 12.6. The molecule has 6 heteroatoms. The summed E-state index contributed by atoms with van der Waals surface area (Å²) in [5.41, 5.74) is 2.31. The van der Waals surface area contributed by atoms with Gasteiger partial charge in [-0.2, -0.15) is 0 Å². The van der Waals surface area contributed by atoms with Crippen molar-refractivity contribution >= 4 is 27.3 Å². The highest BCUT2D eigenvalue weighted by Crippen LogP contribution is 2.22. The van der Waals surface area contributed by atoms with Gasteiger partial charge in [-0.05, 0) is 31.2 Å². The minimum Gasteiger partial charge on any atom is -0.320 e. The van der Waals surface area contributed by atoms with Crippen LogP contribution in [0.5, 0.6) is 0 Å². The number of amides is 1. The average Bonchev–Trinajstić information content (AvgIpc) is 2.40. The molecule has 5 nitrogen and oxygen atoms in total. The van der Waals surface area contributed by atoms with Crippen LogP contribution in [0.3, 0.4) is 0 Å². The Morgan fingerprint density at radius 2 is 1.52 bits per heavy atom. The Kier molecular flexibility index (Phi) is 4.28. The fraction of sp³-hybridized carbons (Fsp3) is 0.133. The van der Waals surface area contributed by atoms with E-state index in [1.807, 2.05) is 19.1 Å². The third-order valence-electron chi connectivity index (χ3n) is 2.78. The van der Waals surface area contributed by atoms with Gasteiger partial charge in [-0.25, -0.2) is 8.42 Å². The van der Waals surface area contributed by atoms with Gasteiger partial charge in [0.05, 0.1) is 17.6 Å². The molecule has 2 aromatic rings. The first-order valence-electron chi connectivity index (χ1n) is 6.30. The van der Waals surface area contributed by atoms with Crippen LogP contribution in [0.25, 0.3) is 0 Å². The van der Waals surface area contributed by atoms with Gasteiger partial charge in [-0.3, -0.25) is 9.52 Å². The molecule has 2 N–H and O–H groups in total. The van der Waals surface area contributed by atoms with Gasteiger partial charge >= 0.3 is 0 Å². The van der Waals surface area contributed by atoms with Gasteiger partial charge in [0.2, 0.25) is 10.0 Å². The van der Waals surface area contributed by atoms with Gasteiger partial charge in [0.1, 0.15) is 0 Å². The Balaban J connectivity index is 2.23. The van der Waals surface area contributed by atoms with Gasteiger partial charge in [-0.1, -0.05) is 29.8 Å². The monoisotopic (exact) mass is 304 g/mol. The van der Waals surface area contributed by atoms with E-state index in [4.69, 9.17) is 0 Å². The van der Waals surface area contributed by atoms with Crippen LogP contribution in [0, 0.1) is 6.92 Å². The van der Waals surface area contributed by atoms with Crippen molar-refractivity contribution in [3.05, 3.63) is 59.7 Å². The highest BCUT2D eigenvalue weighted by molar-refractivity contribution is 7.92. The van der Waals surface area contributed by atoms with Crippen molar-refractivity contribution in [3.63, 3.8) is 0 Å². The molecule has 0 unspecified atom stereocenters. The molecule has 1 amide bonds. The first-order chi connectivity index (χ1) is 9.85. The second-order valence-corrected chi connectivity index (χ2v) is 6.49. The van der Waals surface area contributed by atoms with Gasteiger partial charge in [0.15, 0.2) is 0 Å².